The number of methoxy groups -OCH3 is 2. The average Bonchev–Trinajstić information content (AvgIpc) is 2.94. The quantitative estimate of drug-likeness (QED) is 0.411. The van der Waals surface area contributed by atoms with Crippen molar-refractivity contribution in [2.24, 2.45) is 5.73 Å². The van der Waals surface area contributed by atoms with Gasteiger partial charge in [0.2, 0.25) is 0 Å². The molecule has 2 N–H and O–H groups in total. The third kappa shape index (κ3) is 5.55. The van der Waals surface area contributed by atoms with Crippen molar-refractivity contribution < 1.29 is 28.6 Å². The lowest BCUT2D eigenvalue weighted by atomic mass is 9.78. The molecule has 220 valence electrons. The van der Waals surface area contributed by atoms with Crippen molar-refractivity contribution >= 4 is 23.7 Å². The first kappa shape index (κ1) is 30.2. The molecule has 0 saturated heterocycles. The minimum Gasteiger partial charge on any atom is -0.466 e. The molecule has 0 aliphatic carbocycles. The Morgan fingerprint density at radius 2 is 1.67 bits per heavy atom. The normalized spacial score (nSPS) is 18.2. The molecule has 4 rings (SSSR count). The smallest absolute Gasteiger partial charge is 0.410 e. The Hall–Kier alpha value is -4.78. The van der Waals surface area contributed by atoms with E-state index in [1.165, 1.54) is 19.1 Å². The van der Waals surface area contributed by atoms with E-state index in [0.29, 0.717) is 17.8 Å². The SMILES string of the molecule is COC(=O)C1=C(C(=O)OC)N(c2ccc3c(c2)CN(C(=O)OC(C)(C)C)CC3(C)C)C(N)=C(C#N)C1c1ccccc1. The standard InChI is InChI=1S/C32H36N4O6/c1-31(2,3)42-30(39)35-17-20-15-21(13-14-23(20)32(4,5)18-35)36-26(29(38)41-7)25(28(37)40-6)24(22(16-33)27(36)34)19-11-9-8-10-12-19/h8-15,24H,17-18,34H2,1-7H3. The summed E-state index contributed by atoms with van der Waals surface area (Å²) in [6.07, 6.45) is -0.440. The third-order valence-corrected chi connectivity index (χ3v) is 7.29. The number of anilines is 1. The Morgan fingerprint density at radius 3 is 2.24 bits per heavy atom. The Morgan fingerprint density at radius 1 is 1.02 bits per heavy atom. The van der Waals surface area contributed by atoms with Crippen molar-refractivity contribution in [3.05, 3.63) is 87.9 Å². The van der Waals surface area contributed by atoms with Crippen molar-refractivity contribution in [3.63, 3.8) is 0 Å². The molecule has 1 atom stereocenters. The van der Waals surface area contributed by atoms with Crippen LogP contribution in [0.3, 0.4) is 0 Å². The van der Waals surface area contributed by atoms with Gasteiger partial charge >= 0.3 is 18.0 Å². The van der Waals surface area contributed by atoms with Crippen LogP contribution in [0.1, 0.15) is 57.2 Å². The van der Waals surface area contributed by atoms with Gasteiger partial charge in [0, 0.05) is 24.2 Å². The molecule has 42 heavy (non-hydrogen) atoms. The lowest BCUT2D eigenvalue weighted by Gasteiger charge is -2.41. The maximum Gasteiger partial charge on any atom is 0.410 e. The summed E-state index contributed by atoms with van der Waals surface area (Å²) in [5.41, 5.74) is 8.22. The predicted octanol–water partition coefficient (Wildman–Crippen LogP) is 4.61. The van der Waals surface area contributed by atoms with Crippen LogP contribution >= 0.6 is 0 Å². The molecule has 2 aromatic carbocycles. The van der Waals surface area contributed by atoms with Crippen LogP contribution in [-0.2, 0) is 35.8 Å². The molecule has 10 nitrogen and oxygen atoms in total. The summed E-state index contributed by atoms with van der Waals surface area (Å²) >= 11 is 0. The number of benzene rings is 2. The molecule has 2 heterocycles. The molecular weight excluding hydrogens is 536 g/mol. The van der Waals surface area contributed by atoms with Crippen LogP contribution in [-0.4, -0.2) is 49.3 Å². The number of esters is 2. The summed E-state index contributed by atoms with van der Waals surface area (Å²) in [6, 6.07) is 16.5. The monoisotopic (exact) mass is 572 g/mol. The molecule has 2 aromatic rings. The van der Waals surface area contributed by atoms with Crippen molar-refractivity contribution in [1.82, 2.24) is 4.90 Å². The topological polar surface area (TPSA) is 135 Å². The number of rotatable bonds is 4. The largest absolute Gasteiger partial charge is 0.466 e. The van der Waals surface area contributed by atoms with Gasteiger partial charge in [-0.05, 0) is 49.6 Å². The van der Waals surface area contributed by atoms with Crippen LogP contribution in [0.5, 0.6) is 0 Å². The molecule has 0 radical (unpaired) electrons. The number of fused-ring (bicyclic) bond motifs is 1. The molecule has 0 bridgehead atoms. The molecule has 2 aliphatic heterocycles. The number of hydrogen-bond donors (Lipinski definition) is 1. The van der Waals surface area contributed by atoms with Crippen molar-refractivity contribution in [2.45, 2.75) is 58.1 Å². The van der Waals surface area contributed by atoms with Gasteiger partial charge in [-0.15, -0.1) is 0 Å². The minimum atomic E-state index is -0.965. The van der Waals surface area contributed by atoms with Crippen LogP contribution < -0.4 is 10.6 Å². The summed E-state index contributed by atoms with van der Waals surface area (Å²) in [6.45, 7) is 10.2. The predicted molar refractivity (Wildman–Crippen MR) is 156 cm³/mol. The molecule has 0 saturated carbocycles. The Balaban J connectivity index is 1.93. The molecule has 10 heteroatoms. The first-order valence-electron chi connectivity index (χ1n) is 13.5. The number of nitrogens with two attached hydrogens (primary N) is 1. The van der Waals surface area contributed by atoms with Gasteiger partial charge in [-0.25, -0.2) is 14.4 Å². The number of amides is 1. The van der Waals surface area contributed by atoms with Crippen molar-refractivity contribution in [2.75, 3.05) is 25.7 Å². The van der Waals surface area contributed by atoms with E-state index in [0.717, 1.165) is 11.1 Å². The van der Waals surface area contributed by atoms with Crippen LogP contribution in [0, 0.1) is 11.3 Å². The molecule has 1 amide bonds. The van der Waals surface area contributed by atoms with E-state index in [9.17, 15) is 19.6 Å². The molecule has 2 aliphatic rings. The fraction of sp³-hybridized carbons (Fsp3) is 0.375. The average molecular weight is 573 g/mol. The van der Waals surface area contributed by atoms with Crippen LogP contribution in [0.15, 0.2) is 71.2 Å². The van der Waals surface area contributed by atoms with Gasteiger partial charge in [-0.1, -0.05) is 50.2 Å². The highest BCUT2D eigenvalue weighted by atomic mass is 16.6. The number of hydrogen-bond acceptors (Lipinski definition) is 9. The second-order valence-corrected chi connectivity index (χ2v) is 11.9. The van der Waals surface area contributed by atoms with Crippen molar-refractivity contribution in [1.29, 1.82) is 5.26 Å². The number of ether oxygens (including phenoxy) is 3. The molecule has 0 aromatic heterocycles. The number of carbonyl (C=O) groups excluding carboxylic acids is 3. The minimum absolute atomic E-state index is 0.0292. The summed E-state index contributed by atoms with van der Waals surface area (Å²) in [5.74, 6) is -2.62. The van der Waals surface area contributed by atoms with Crippen molar-refractivity contribution in [3.8, 4) is 6.07 Å². The summed E-state index contributed by atoms with van der Waals surface area (Å²) < 4.78 is 15.9. The van der Waals surface area contributed by atoms with Gasteiger partial charge < -0.3 is 24.8 Å². The van der Waals surface area contributed by atoms with E-state index in [-0.39, 0.29) is 29.2 Å². The molecule has 0 spiro atoms. The summed E-state index contributed by atoms with van der Waals surface area (Å²) in [7, 11) is 2.41. The highest BCUT2D eigenvalue weighted by Crippen LogP contribution is 2.44. The number of allylic oxidation sites excluding steroid dienone is 1. The molecule has 1 unspecified atom stereocenters. The number of nitrogens with zero attached hydrogens (tertiary/aromatic N) is 3. The van der Waals surface area contributed by atoms with Crippen LogP contribution in [0.2, 0.25) is 0 Å². The highest BCUT2D eigenvalue weighted by molar-refractivity contribution is 6.06. The fourth-order valence-corrected chi connectivity index (χ4v) is 5.57. The Labute approximate surface area is 245 Å². The maximum atomic E-state index is 13.4. The zero-order valence-electron chi connectivity index (χ0n) is 25.0. The van der Waals surface area contributed by atoms with E-state index >= 15 is 0 Å². The first-order valence-corrected chi connectivity index (χ1v) is 13.5. The summed E-state index contributed by atoms with van der Waals surface area (Å²) in [5, 5.41) is 10.3. The van der Waals surface area contributed by atoms with E-state index < -0.39 is 35.0 Å². The van der Waals surface area contributed by atoms with Gasteiger partial charge in [-0.2, -0.15) is 5.26 Å². The van der Waals surface area contributed by atoms with Gasteiger partial charge in [0.15, 0.2) is 0 Å². The van der Waals surface area contributed by atoms with E-state index in [4.69, 9.17) is 19.9 Å². The second-order valence-electron chi connectivity index (χ2n) is 11.9. The third-order valence-electron chi connectivity index (χ3n) is 7.29. The van der Waals surface area contributed by atoms with Crippen LogP contribution in [0.25, 0.3) is 0 Å². The van der Waals surface area contributed by atoms with Gasteiger partial charge in [-0.3, -0.25) is 4.90 Å². The summed E-state index contributed by atoms with van der Waals surface area (Å²) in [4.78, 5) is 42.8. The zero-order valence-corrected chi connectivity index (χ0v) is 25.0. The number of nitriles is 1. The Kier molecular flexibility index (Phi) is 8.08. The van der Waals surface area contributed by atoms with E-state index in [1.807, 2.05) is 40.7 Å². The fourth-order valence-electron chi connectivity index (χ4n) is 5.57. The van der Waals surface area contributed by atoms with Gasteiger partial charge in [0.05, 0.1) is 37.4 Å². The first-order chi connectivity index (χ1) is 19.7. The lowest BCUT2D eigenvalue weighted by molar-refractivity contribution is -0.139. The van der Waals surface area contributed by atoms with Gasteiger partial charge in [0.1, 0.15) is 17.1 Å². The maximum absolute atomic E-state index is 13.4. The van der Waals surface area contributed by atoms with E-state index in [1.54, 1.807) is 47.4 Å². The van der Waals surface area contributed by atoms with Crippen LogP contribution in [0.4, 0.5) is 10.5 Å². The van der Waals surface area contributed by atoms with E-state index in [2.05, 4.69) is 6.07 Å². The second kappa shape index (κ2) is 11.2. The highest BCUT2D eigenvalue weighted by Gasteiger charge is 2.44. The lowest BCUT2D eigenvalue weighted by Crippen LogP contribution is -2.47. The number of carbonyl (C=O) groups is 3. The van der Waals surface area contributed by atoms with Gasteiger partial charge in [0.25, 0.3) is 0 Å². The molecular formula is C32H36N4O6. The molecule has 0 fully saturated rings. The Bertz CT molecular complexity index is 1530. The zero-order chi connectivity index (χ0) is 31.0.